The normalized spacial score (nSPS) is 16.9. The van der Waals surface area contributed by atoms with Crippen LogP contribution >= 0.6 is 0 Å². The van der Waals surface area contributed by atoms with Crippen LogP contribution in [0, 0.1) is 0 Å². The van der Waals surface area contributed by atoms with E-state index in [1.807, 2.05) is 6.07 Å². The van der Waals surface area contributed by atoms with Gasteiger partial charge in [-0.25, -0.2) is 9.98 Å². The second kappa shape index (κ2) is 3.96. The quantitative estimate of drug-likeness (QED) is 0.679. The number of carbonyl (C=O) groups is 1. The zero-order valence-corrected chi connectivity index (χ0v) is 8.21. The molecule has 15 heavy (non-hydrogen) atoms. The summed E-state index contributed by atoms with van der Waals surface area (Å²) >= 11 is 0. The summed E-state index contributed by atoms with van der Waals surface area (Å²) in [6, 6.07) is 8.85. The molecular formula is C11H9N3O. The van der Waals surface area contributed by atoms with Gasteiger partial charge in [-0.1, -0.05) is 18.2 Å². The number of hydrogen-bond acceptors (Lipinski definition) is 1. The molecular weight excluding hydrogens is 190 g/mol. The van der Waals surface area contributed by atoms with Crippen molar-refractivity contribution in [2.45, 2.75) is 6.92 Å². The first-order valence-electron chi connectivity index (χ1n) is 4.53. The monoisotopic (exact) mass is 199 g/mol. The number of nitrogens with zero attached hydrogens (tertiary/aromatic N) is 3. The maximum atomic E-state index is 11.6. The highest BCUT2D eigenvalue weighted by Gasteiger charge is 2.07. The molecule has 1 amide bonds. The van der Waals surface area contributed by atoms with Gasteiger partial charge in [-0.15, -0.1) is 0 Å². The lowest BCUT2D eigenvalue weighted by Crippen LogP contribution is -1.98. The topological polar surface area (TPSA) is 54.1 Å². The number of amides is 1. The first-order chi connectivity index (χ1) is 7.25. The molecule has 1 aromatic rings. The summed E-state index contributed by atoms with van der Waals surface area (Å²) in [5.41, 5.74) is 1.30. The third kappa shape index (κ3) is 2.22. The summed E-state index contributed by atoms with van der Waals surface area (Å²) < 4.78 is 0. The van der Waals surface area contributed by atoms with E-state index in [4.69, 9.17) is 0 Å². The van der Waals surface area contributed by atoms with Crippen LogP contribution in [0.25, 0.3) is 0 Å². The number of aliphatic imine (C=N–C) groups is 3. The highest BCUT2D eigenvalue weighted by molar-refractivity contribution is 6.37. The van der Waals surface area contributed by atoms with Crippen molar-refractivity contribution in [3.63, 3.8) is 0 Å². The molecule has 0 radical (unpaired) electrons. The van der Waals surface area contributed by atoms with E-state index in [2.05, 4.69) is 15.0 Å². The molecule has 0 fully saturated rings. The molecule has 0 bridgehead atoms. The first-order valence-corrected chi connectivity index (χ1v) is 4.53. The molecule has 1 heterocycles. The molecule has 0 unspecified atom stereocenters. The van der Waals surface area contributed by atoms with Gasteiger partial charge in [0.1, 0.15) is 0 Å². The van der Waals surface area contributed by atoms with Gasteiger partial charge in [-0.3, -0.25) is 4.79 Å². The van der Waals surface area contributed by atoms with Gasteiger partial charge in [-0.05, 0) is 19.1 Å². The summed E-state index contributed by atoms with van der Waals surface area (Å²) in [5, 5.41) is 0. The predicted molar refractivity (Wildman–Crippen MR) is 59.8 cm³/mol. The van der Waals surface area contributed by atoms with E-state index in [9.17, 15) is 4.79 Å². The van der Waals surface area contributed by atoms with Crippen LogP contribution in [0.5, 0.6) is 0 Å². The van der Waals surface area contributed by atoms with Crippen LogP contribution in [0.4, 0.5) is 0 Å². The van der Waals surface area contributed by atoms with Gasteiger partial charge < -0.3 is 0 Å². The van der Waals surface area contributed by atoms with Crippen LogP contribution in [0.2, 0.25) is 0 Å². The van der Waals surface area contributed by atoms with Crippen molar-refractivity contribution in [1.82, 2.24) is 0 Å². The van der Waals surface area contributed by atoms with Crippen LogP contribution in [0.15, 0.2) is 45.3 Å². The van der Waals surface area contributed by atoms with Gasteiger partial charge in [0.2, 0.25) is 0 Å². The van der Waals surface area contributed by atoms with Crippen LogP contribution in [-0.4, -0.2) is 23.8 Å². The molecule has 0 atom stereocenters. The Hall–Kier alpha value is -2.10. The number of benzene rings is 1. The smallest absolute Gasteiger partial charge is 0.267 e. The van der Waals surface area contributed by atoms with Crippen LogP contribution in [-0.2, 0) is 0 Å². The van der Waals surface area contributed by atoms with Gasteiger partial charge in [0.05, 0.1) is 11.9 Å². The minimum atomic E-state index is -0.318. The van der Waals surface area contributed by atoms with E-state index in [-0.39, 0.29) is 11.9 Å². The van der Waals surface area contributed by atoms with E-state index >= 15 is 0 Å². The molecule has 0 saturated carbocycles. The molecule has 1 aliphatic rings. The van der Waals surface area contributed by atoms with Crippen molar-refractivity contribution in [1.29, 1.82) is 0 Å². The Morgan fingerprint density at radius 1 is 1.27 bits per heavy atom. The number of hydrogen-bond donors (Lipinski definition) is 0. The lowest BCUT2D eigenvalue weighted by atomic mass is 10.2. The third-order valence-corrected chi connectivity index (χ3v) is 1.87. The minimum Gasteiger partial charge on any atom is -0.267 e. The second-order valence-corrected chi connectivity index (χ2v) is 3.09. The standard InChI is InChI=1S/C11H9N3O/c1-8-7-12-11(13-8)14-10(15)9-5-3-2-4-6-9/h2-7H,1H3. The summed E-state index contributed by atoms with van der Waals surface area (Å²) in [6.07, 6.45) is 1.58. The maximum absolute atomic E-state index is 11.6. The molecule has 0 aliphatic carbocycles. The van der Waals surface area contributed by atoms with Crippen molar-refractivity contribution >= 4 is 23.8 Å². The van der Waals surface area contributed by atoms with Crippen molar-refractivity contribution in [3.8, 4) is 0 Å². The molecule has 4 heteroatoms. The zero-order chi connectivity index (χ0) is 10.7. The zero-order valence-electron chi connectivity index (χ0n) is 8.21. The second-order valence-electron chi connectivity index (χ2n) is 3.09. The Morgan fingerprint density at radius 3 is 2.60 bits per heavy atom. The third-order valence-electron chi connectivity index (χ3n) is 1.87. The Balaban J connectivity index is 2.22. The molecule has 2 rings (SSSR count). The van der Waals surface area contributed by atoms with Gasteiger partial charge in [0, 0.05) is 5.56 Å². The molecule has 4 nitrogen and oxygen atoms in total. The minimum absolute atomic E-state index is 0.223. The summed E-state index contributed by atoms with van der Waals surface area (Å²) in [7, 11) is 0. The summed E-state index contributed by atoms with van der Waals surface area (Å²) in [6.45, 7) is 1.80. The lowest BCUT2D eigenvalue weighted by molar-refractivity contribution is 0.100. The van der Waals surface area contributed by atoms with Crippen molar-refractivity contribution < 1.29 is 4.79 Å². The van der Waals surface area contributed by atoms with Gasteiger partial charge in [-0.2, -0.15) is 4.99 Å². The van der Waals surface area contributed by atoms with E-state index in [0.717, 1.165) is 5.71 Å². The largest absolute Gasteiger partial charge is 0.280 e. The fourth-order valence-corrected chi connectivity index (χ4v) is 1.16. The summed E-state index contributed by atoms with van der Waals surface area (Å²) in [4.78, 5) is 23.2. The Labute approximate surface area is 87.1 Å². The lowest BCUT2D eigenvalue weighted by Gasteiger charge is -1.93. The van der Waals surface area contributed by atoms with Crippen LogP contribution in [0.1, 0.15) is 17.3 Å². The summed E-state index contributed by atoms with van der Waals surface area (Å²) in [5.74, 6) is -0.0949. The van der Waals surface area contributed by atoms with Gasteiger partial charge >= 0.3 is 0 Å². The highest BCUT2D eigenvalue weighted by Crippen LogP contribution is 2.03. The van der Waals surface area contributed by atoms with E-state index in [1.54, 1.807) is 37.4 Å². The fourth-order valence-electron chi connectivity index (χ4n) is 1.16. The number of guanidine groups is 1. The van der Waals surface area contributed by atoms with Crippen molar-refractivity contribution in [2.24, 2.45) is 15.0 Å². The maximum Gasteiger partial charge on any atom is 0.280 e. The Morgan fingerprint density at radius 2 is 2.00 bits per heavy atom. The molecule has 0 spiro atoms. The van der Waals surface area contributed by atoms with E-state index in [1.165, 1.54) is 0 Å². The van der Waals surface area contributed by atoms with Crippen molar-refractivity contribution in [2.75, 3.05) is 0 Å². The average molecular weight is 199 g/mol. The highest BCUT2D eigenvalue weighted by atomic mass is 16.1. The average Bonchev–Trinajstić information content (AvgIpc) is 2.65. The Bertz CT molecular complexity index is 472. The molecule has 0 saturated heterocycles. The van der Waals surface area contributed by atoms with Gasteiger partial charge in [0.15, 0.2) is 0 Å². The fraction of sp³-hybridized carbons (Fsp3) is 0.0909. The van der Waals surface area contributed by atoms with Gasteiger partial charge in [0.25, 0.3) is 11.9 Å². The van der Waals surface area contributed by atoms with E-state index < -0.39 is 0 Å². The van der Waals surface area contributed by atoms with Crippen LogP contribution in [0.3, 0.4) is 0 Å². The molecule has 0 aromatic heterocycles. The van der Waals surface area contributed by atoms with Crippen LogP contribution < -0.4 is 0 Å². The molecule has 0 N–H and O–H groups in total. The predicted octanol–water partition coefficient (Wildman–Crippen LogP) is 1.73. The van der Waals surface area contributed by atoms with Crippen molar-refractivity contribution in [3.05, 3.63) is 35.9 Å². The number of rotatable bonds is 1. The molecule has 1 aromatic carbocycles. The number of carbonyl (C=O) groups excluding carboxylic acids is 1. The Kier molecular flexibility index (Phi) is 2.49. The SMILES string of the molecule is CC1=NC(=NC(=O)c2ccccc2)N=C1. The van der Waals surface area contributed by atoms with E-state index in [0.29, 0.717) is 5.56 Å². The molecule has 1 aliphatic heterocycles. The molecule has 74 valence electrons. The first kappa shape index (κ1) is 9.45.